The number of rotatable bonds is 7. The second kappa shape index (κ2) is 10.4. The lowest BCUT2D eigenvalue weighted by atomic mass is 10.1. The Morgan fingerprint density at radius 2 is 2.11 bits per heavy atom. The third-order valence-corrected chi connectivity index (χ3v) is 3.88. The van der Waals surface area contributed by atoms with Gasteiger partial charge in [0.25, 0.3) is 11.8 Å². The highest BCUT2D eigenvalue weighted by Crippen LogP contribution is 2.18. The minimum absolute atomic E-state index is 0. The maximum absolute atomic E-state index is 12.0. The molecule has 0 bridgehead atoms. The van der Waals surface area contributed by atoms with Crippen molar-refractivity contribution in [2.45, 2.75) is 6.42 Å². The molecular formula is C19H22ClN3O4. The maximum atomic E-state index is 12.0. The van der Waals surface area contributed by atoms with E-state index in [0.717, 1.165) is 19.5 Å². The van der Waals surface area contributed by atoms with Crippen LogP contribution in [0.5, 0.6) is 5.75 Å². The van der Waals surface area contributed by atoms with Gasteiger partial charge in [-0.25, -0.2) is 0 Å². The van der Waals surface area contributed by atoms with Crippen molar-refractivity contribution in [1.82, 2.24) is 10.6 Å². The van der Waals surface area contributed by atoms with E-state index in [1.54, 1.807) is 36.4 Å². The molecular weight excluding hydrogens is 370 g/mol. The number of hydrogen-bond acceptors (Lipinski definition) is 5. The standard InChI is InChI=1S/C19H21N3O4.ClH/c23-18(21-12-14-6-8-20-9-7-14)13-26-16-4-1-3-15(11-16)22-19(24)17-5-2-10-25-17;/h1-6,10-11,20H,7-9,12-13H2,(H,21,23)(H,22,24);1H. The van der Waals surface area contributed by atoms with Gasteiger partial charge in [0.15, 0.2) is 12.4 Å². The number of hydrogen-bond donors (Lipinski definition) is 3. The van der Waals surface area contributed by atoms with Crippen LogP contribution in [0.15, 0.2) is 58.7 Å². The number of benzene rings is 1. The Balaban J connectivity index is 0.00000261. The van der Waals surface area contributed by atoms with Gasteiger partial charge in [-0.05, 0) is 37.2 Å². The van der Waals surface area contributed by atoms with E-state index in [4.69, 9.17) is 9.15 Å². The monoisotopic (exact) mass is 391 g/mol. The number of carbonyl (C=O) groups excluding carboxylic acids is 2. The Kier molecular flexibility index (Phi) is 7.91. The van der Waals surface area contributed by atoms with Crippen LogP contribution in [0, 0.1) is 0 Å². The summed E-state index contributed by atoms with van der Waals surface area (Å²) in [4.78, 5) is 23.9. The summed E-state index contributed by atoms with van der Waals surface area (Å²) in [6.45, 7) is 2.25. The molecule has 0 spiro atoms. The number of halogens is 1. The first-order valence-corrected chi connectivity index (χ1v) is 8.44. The van der Waals surface area contributed by atoms with E-state index in [1.165, 1.54) is 11.8 Å². The SMILES string of the molecule is Cl.O=C(COc1cccc(NC(=O)c2ccco2)c1)NCC1=CCNCC1. The Morgan fingerprint density at radius 3 is 2.85 bits per heavy atom. The third-order valence-electron chi connectivity index (χ3n) is 3.88. The molecule has 2 heterocycles. The number of ether oxygens (including phenoxy) is 1. The predicted octanol–water partition coefficient (Wildman–Crippen LogP) is 2.37. The summed E-state index contributed by atoms with van der Waals surface area (Å²) in [5.41, 5.74) is 1.78. The third kappa shape index (κ3) is 6.47. The van der Waals surface area contributed by atoms with Gasteiger partial charge in [0.2, 0.25) is 0 Å². The average Bonchev–Trinajstić information content (AvgIpc) is 3.21. The lowest BCUT2D eigenvalue weighted by Crippen LogP contribution is -2.32. The van der Waals surface area contributed by atoms with Crippen LogP contribution in [-0.2, 0) is 4.79 Å². The molecule has 0 saturated carbocycles. The maximum Gasteiger partial charge on any atom is 0.291 e. The quantitative estimate of drug-likeness (QED) is 0.630. The van der Waals surface area contributed by atoms with Gasteiger partial charge < -0.3 is 25.1 Å². The van der Waals surface area contributed by atoms with E-state index in [0.29, 0.717) is 18.0 Å². The van der Waals surface area contributed by atoms with Crippen molar-refractivity contribution in [3.8, 4) is 5.75 Å². The van der Waals surface area contributed by atoms with Crippen molar-refractivity contribution >= 4 is 29.9 Å². The summed E-state index contributed by atoms with van der Waals surface area (Å²) < 4.78 is 10.6. The lowest BCUT2D eigenvalue weighted by molar-refractivity contribution is -0.122. The Morgan fingerprint density at radius 1 is 1.22 bits per heavy atom. The number of furan rings is 1. The Hall–Kier alpha value is -2.77. The summed E-state index contributed by atoms with van der Waals surface area (Å²) in [7, 11) is 0. The molecule has 27 heavy (non-hydrogen) atoms. The van der Waals surface area contributed by atoms with E-state index in [9.17, 15) is 9.59 Å². The molecule has 1 aromatic carbocycles. The second-order valence-corrected chi connectivity index (χ2v) is 5.84. The minimum atomic E-state index is -0.347. The van der Waals surface area contributed by atoms with Crippen LogP contribution < -0.4 is 20.7 Å². The fourth-order valence-corrected chi connectivity index (χ4v) is 2.51. The predicted molar refractivity (Wildman–Crippen MR) is 104 cm³/mol. The molecule has 0 atom stereocenters. The lowest BCUT2D eigenvalue weighted by Gasteiger charge is -2.14. The van der Waals surface area contributed by atoms with Crippen LogP contribution in [0.25, 0.3) is 0 Å². The van der Waals surface area contributed by atoms with Crippen molar-refractivity contribution in [3.63, 3.8) is 0 Å². The molecule has 8 heteroatoms. The molecule has 0 radical (unpaired) electrons. The van der Waals surface area contributed by atoms with Gasteiger partial charge in [-0.3, -0.25) is 9.59 Å². The molecule has 1 aromatic heterocycles. The van der Waals surface area contributed by atoms with Gasteiger partial charge in [-0.1, -0.05) is 17.7 Å². The first-order valence-electron chi connectivity index (χ1n) is 8.44. The molecule has 2 aromatic rings. The molecule has 0 fully saturated rings. The highest BCUT2D eigenvalue weighted by molar-refractivity contribution is 6.02. The Bertz CT molecular complexity index is 790. The van der Waals surface area contributed by atoms with Crippen molar-refractivity contribution in [2.24, 2.45) is 0 Å². The second-order valence-electron chi connectivity index (χ2n) is 5.84. The summed E-state index contributed by atoms with van der Waals surface area (Å²) in [5, 5.41) is 8.79. The molecule has 0 saturated heterocycles. The number of nitrogens with one attached hydrogen (secondary N) is 3. The smallest absolute Gasteiger partial charge is 0.291 e. The molecule has 0 aliphatic carbocycles. The first kappa shape index (κ1) is 20.5. The van der Waals surface area contributed by atoms with Crippen molar-refractivity contribution in [2.75, 3.05) is 31.6 Å². The molecule has 144 valence electrons. The van der Waals surface area contributed by atoms with Crippen LogP contribution in [0.3, 0.4) is 0 Å². The highest BCUT2D eigenvalue weighted by Gasteiger charge is 2.10. The van der Waals surface area contributed by atoms with Crippen LogP contribution in [-0.4, -0.2) is 38.1 Å². The van der Waals surface area contributed by atoms with Gasteiger partial charge in [-0.15, -0.1) is 12.4 Å². The van der Waals surface area contributed by atoms with Crippen LogP contribution >= 0.6 is 12.4 Å². The van der Waals surface area contributed by atoms with Gasteiger partial charge in [0.1, 0.15) is 5.75 Å². The largest absolute Gasteiger partial charge is 0.484 e. The topological polar surface area (TPSA) is 92.6 Å². The average molecular weight is 392 g/mol. The fraction of sp³-hybridized carbons (Fsp3) is 0.263. The Labute approximate surface area is 163 Å². The van der Waals surface area contributed by atoms with E-state index < -0.39 is 0 Å². The molecule has 1 aliphatic rings. The number of amides is 2. The van der Waals surface area contributed by atoms with Gasteiger partial charge in [-0.2, -0.15) is 0 Å². The zero-order chi connectivity index (χ0) is 18.2. The minimum Gasteiger partial charge on any atom is -0.484 e. The number of carbonyl (C=O) groups is 2. The molecule has 2 amide bonds. The fourth-order valence-electron chi connectivity index (χ4n) is 2.51. The van der Waals surface area contributed by atoms with Crippen molar-refractivity contribution < 1.29 is 18.7 Å². The van der Waals surface area contributed by atoms with Gasteiger partial charge in [0, 0.05) is 24.8 Å². The molecule has 3 N–H and O–H groups in total. The van der Waals surface area contributed by atoms with Crippen LogP contribution in [0.4, 0.5) is 5.69 Å². The summed E-state index contributed by atoms with van der Waals surface area (Å²) in [5.74, 6) is 0.191. The zero-order valence-electron chi connectivity index (χ0n) is 14.7. The van der Waals surface area contributed by atoms with E-state index >= 15 is 0 Å². The highest BCUT2D eigenvalue weighted by atomic mass is 35.5. The van der Waals surface area contributed by atoms with E-state index in [2.05, 4.69) is 22.0 Å². The van der Waals surface area contributed by atoms with Crippen molar-refractivity contribution in [3.05, 3.63) is 60.1 Å². The van der Waals surface area contributed by atoms with E-state index in [1.807, 2.05) is 0 Å². The van der Waals surface area contributed by atoms with Crippen LogP contribution in [0.1, 0.15) is 17.0 Å². The molecule has 0 unspecified atom stereocenters. The van der Waals surface area contributed by atoms with Gasteiger partial charge >= 0.3 is 0 Å². The van der Waals surface area contributed by atoms with Crippen LogP contribution in [0.2, 0.25) is 0 Å². The molecule has 3 rings (SSSR count). The summed E-state index contributed by atoms with van der Waals surface area (Å²) in [6.07, 6.45) is 4.47. The van der Waals surface area contributed by atoms with Crippen molar-refractivity contribution in [1.29, 1.82) is 0 Å². The summed E-state index contributed by atoms with van der Waals surface area (Å²) >= 11 is 0. The van der Waals surface area contributed by atoms with Gasteiger partial charge in [0.05, 0.1) is 6.26 Å². The molecule has 7 nitrogen and oxygen atoms in total. The normalized spacial score (nSPS) is 13.1. The molecule has 1 aliphatic heterocycles. The zero-order valence-corrected chi connectivity index (χ0v) is 15.5. The summed E-state index contributed by atoms with van der Waals surface area (Å²) in [6, 6.07) is 10.1. The number of anilines is 1. The first-order chi connectivity index (χ1) is 12.7. The van der Waals surface area contributed by atoms with E-state index in [-0.39, 0.29) is 36.6 Å².